The Morgan fingerprint density at radius 3 is 2.22 bits per heavy atom. The van der Waals surface area contributed by atoms with E-state index in [4.69, 9.17) is 18.9 Å². The number of rotatable bonds is 8. The number of morpholine rings is 1. The molecular formula is C23H29N3O6. The van der Waals surface area contributed by atoms with Gasteiger partial charge in [-0.1, -0.05) is 12.1 Å². The van der Waals surface area contributed by atoms with E-state index >= 15 is 0 Å². The summed E-state index contributed by atoms with van der Waals surface area (Å²) < 4.78 is 21.1. The second kappa shape index (κ2) is 11.4. The fraction of sp³-hybridized carbons (Fsp3) is 0.391. The van der Waals surface area contributed by atoms with Crippen LogP contribution < -0.4 is 24.8 Å². The van der Waals surface area contributed by atoms with Crippen molar-refractivity contribution in [3.05, 3.63) is 48.0 Å². The Hall–Kier alpha value is -3.30. The van der Waals surface area contributed by atoms with Gasteiger partial charge in [0.05, 0.1) is 46.3 Å². The van der Waals surface area contributed by atoms with Crippen molar-refractivity contribution in [2.75, 3.05) is 59.5 Å². The lowest BCUT2D eigenvalue weighted by molar-refractivity contribution is -0.136. The molecule has 1 aliphatic rings. The van der Waals surface area contributed by atoms with Crippen LogP contribution in [0.3, 0.4) is 0 Å². The highest BCUT2D eigenvalue weighted by Gasteiger charge is 2.25. The van der Waals surface area contributed by atoms with Gasteiger partial charge in [-0.2, -0.15) is 0 Å². The SMILES string of the molecule is COc1ccc([C@H](CNC(=O)C(=O)Nc2ccc(OC)cc2OC)N2CCOCC2)cc1. The number of nitrogens with one attached hydrogen (secondary N) is 2. The third-order valence-electron chi connectivity index (χ3n) is 5.31. The van der Waals surface area contributed by atoms with Gasteiger partial charge in [-0.15, -0.1) is 0 Å². The van der Waals surface area contributed by atoms with E-state index in [0.29, 0.717) is 30.4 Å². The van der Waals surface area contributed by atoms with Crippen molar-refractivity contribution in [3.8, 4) is 17.2 Å². The molecule has 2 aromatic rings. The van der Waals surface area contributed by atoms with Crippen molar-refractivity contribution >= 4 is 17.5 Å². The summed E-state index contributed by atoms with van der Waals surface area (Å²) in [5, 5.41) is 5.35. The van der Waals surface area contributed by atoms with Gasteiger partial charge >= 0.3 is 11.8 Å². The number of amides is 2. The van der Waals surface area contributed by atoms with Crippen LogP contribution in [0.15, 0.2) is 42.5 Å². The lowest BCUT2D eigenvalue weighted by Crippen LogP contribution is -2.45. The molecule has 0 spiro atoms. The van der Waals surface area contributed by atoms with E-state index in [2.05, 4.69) is 15.5 Å². The van der Waals surface area contributed by atoms with Crippen LogP contribution in [0.5, 0.6) is 17.2 Å². The molecule has 1 aliphatic heterocycles. The Morgan fingerprint density at radius 2 is 1.59 bits per heavy atom. The summed E-state index contributed by atoms with van der Waals surface area (Å²) >= 11 is 0. The summed E-state index contributed by atoms with van der Waals surface area (Å²) in [4.78, 5) is 27.3. The van der Waals surface area contributed by atoms with Crippen molar-refractivity contribution < 1.29 is 28.5 Å². The third kappa shape index (κ3) is 5.89. The molecular weight excluding hydrogens is 414 g/mol. The maximum atomic E-state index is 12.5. The molecule has 0 unspecified atom stereocenters. The Bertz CT molecular complexity index is 912. The molecule has 2 amide bonds. The van der Waals surface area contributed by atoms with Crippen molar-refractivity contribution in [3.63, 3.8) is 0 Å². The first-order chi connectivity index (χ1) is 15.5. The first-order valence-corrected chi connectivity index (χ1v) is 10.3. The molecule has 1 fully saturated rings. The molecule has 32 heavy (non-hydrogen) atoms. The number of benzene rings is 2. The fourth-order valence-electron chi connectivity index (χ4n) is 3.52. The van der Waals surface area contributed by atoms with Gasteiger partial charge in [0.25, 0.3) is 0 Å². The lowest BCUT2D eigenvalue weighted by Gasteiger charge is -2.35. The fourth-order valence-corrected chi connectivity index (χ4v) is 3.52. The van der Waals surface area contributed by atoms with Gasteiger partial charge in [0.2, 0.25) is 0 Å². The number of carbonyl (C=O) groups is 2. The average molecular weight is 444 g/mol. The monoisotopic (exact) mass is 443 g/mol. The second-order valence-corrected chi connectivity index (χ2v) is 7.17. The molecule has 2 aromatic carbocycles. The van der Waals surface area contributed by atoms with E-state index in [1.807, 2.05) is 24.3 Å². The summed E-state index contributed by atoms with van der Waals surface area (Å²) in [5.41, 5.74) is 1.40. The van der Waals surface area contributed by atoms with Crippen LogP contribution in [0, 0.1) is 0 Å². The van der Waals surface area contributed by atoms with Gasteiger partial charge in [0.15, 0.2) is 0 Å². The van der Waals surface area contributed by atoms with Crippen molar-refractivity contribution in [2.24, 2.45) is 0 Å². The normalized spacial score (nSPS) is 14.8. The average Bonchev–Trinajstić information content (AvgIpc) is 2.85. The number of hydrogen-bond donors (Lipinski definition) is 2. The van der Waals surface area contributed by atoms with Crippen LogP contribution in [0.2, 0.25) is 0 Å². The van der Waals surface area contributed by atoms with Gasteiger partial charge in [-0.05, 0) is 29.8 Å². The largest absolute Gasteiger partial charge is 0.497 e. The summed E-state index contributed by atoms with van der Waals surface area (Å²) in [7, 11) is 4.63. The van der Waals surface area contributed by atoms with Crippen LogP contribution in [0.4, 0.5) is 5.69 Å². The smallest absolute Gasteiger partial charge is 0.313 e. The number of ether oxygens (including phenoxy) is 4. The zero-order valence-electron chi connectivity index (χ0n) is 18.6. The number of carbonyl (C=O) groups excluding carboxylic acids is 2. The molecule has 0 saturated carbocycles. The molecule has 1 atom stereocenters. The molecule has 2 N–H and O–H groups in total. The minimum atomic E-state index is -0.774. The Labute approximate surface area is 187 Å². The predicted octanol–water partition coefficient (Wildman–Crippen LogP) is 1.84. The molecule has 0 aromatic heterocycles. The van der Waals surface area contributed by atoms with Gasteiger partial charge in [0.1, 0.15) is 17.2 Å². The van der Waals surface area contributed by atoms with E-state index < -0.39 is 11.8 Å². The number of nitrogens with zero attached hydrogens (tertiary/aromatic N) is 1. The minimum Gasteiger partial charge on any atom is -0.497 e. The maximum Gasteiger partial charge on any atom is 0.313 e. The van der Waals surface area contributed by atoms with Crippen LogP contribution in [-0.2, 0) is 14.3 Å². The van der Waals surface area contributed by atoms with E-state index in [-0.39, 0.29) is 12.6 Å². The molecule has 0 aliphatic carbocycles. The van der Waals surface area contributed by atoms with Crippen LogP contribution in [-0.4, -0.2) is 70.9 Å². The van der Waals surface area contributed by atoms with Gasteiger partial charge < -0.3 is 29.6 Å². The van der Waals surface area contributed by atoms with Gasteiger partial charge in [-0.3, -0.25) is 14.5 Å². The zero-order valence-corrected chi connectivity index (χ0v) is 18.6. The predicted molar refractivity (Wildman–Crippen MR) is 119 cm³/mol. The third-order valence-corrected chi connectivity index (χ3v) is 5.31. The molecule has 9 heteroatoms. The second-order valence-electron chi connectivity index (χ2n) is 7.17. The van der Waals surface area contributed by atoms with E-state index in [9.17, 15) is 9.59 Å². The van der Waals surface area contributed by atoms with Crippen LogP contribution in [0.1, 0.15) is 11.6 Å². The Kier molecular flexibility index (Phi) is 8.29. The zero-order chi connectivity index (χ0) is 22.9. The van der Waals surface area contributed by atoms with Gasteiger partial charge in [0, 0.05) is 25.7 Å². The first-order valence-electron chi connectivity index (χ1n) is 10.3. The highest BCUT2D eigenvalue weighted by molar-refractivity contribution is 6.39. The molecule has 1 saturated heterocycles. The van der Waals surface area contributed by atoms with E-state index in [0.717, 1.165) is 24.4 Å². The Balaban J connectivity index is 1.66. The van der Waals surface area contributed by atoms with Crippen molar-refractivity contribution in [1.29, 1.82) is 0 Å². The summed E-state index contributed by atoms with van der Waals surface area (Å²) in [6.07, 6.45) is 0. The number of methoxy groups -OCH3 is 3. The summed E-state index contributed by atoms with van der Waals surface area (Å²) in [6, 6.07) is 12.5. The van der Waals surface area contributed by atoms with E-state index in [1.54, 1.807) is 25.3 Å². The van der Waals surface area contributed by atoms with Gasteiger partial charge in [-0.25, -0.2) is 0 Å². The Morgan fingerprint density at radius 1 is 0.938 bits per heavy atom. The molecule has 0 radical (unpaired) electrons. The lowest BCUT2D eigenvalue weighted by atomic mass is 10.0. The molecule has 3 rings (SSSR count). The number of hydrogen-bond acceptors (Lipinski definition) is 7. The van der Waals surface area contributed by atoms with Crippen LogP contribution in [0.25, 0.3) is 0 Å². The summed E-state index contributed by atoms with van der Waals surface area (Å²) in [5.74, 6) is 0.233. The molecule has 1 heterocycles. The van der Waals surface area contributed by atoms with Crippen LogP contribution >= 0.6 is 0 Å². The highest BCUT2D eigenvalue weighted by Crippen LogP contribution is 2.29. The number of anilines is 1. The maximum absolute atomic E-state index is 12.5. The molecule has 9 nitrogen and oxygen atoms in total. The van der Waals surface area contributed by atoms with E-state index in [1.165, 1.54) is 14.2 Å². The van der Waals surface area contributed by atoms with Crippen molar-refractivity contribution in [2.45, 2.75) is 6.04 Å². The highest BCUT2D eigenvalue weighted by atomic mass is 16.5. The topological polar surface area (TPSA) is 98.4 Å². The first kappa shape index (κ1) is 23.4. The standard InChI is InChI=1S/C23H29N3O6/c1-29-17-6-4-16(5-7-17)20(26-10-12-32-13-11-26)15-24-22(27)23(28)25-19-9-8-18(30-2)14-21(19)31-3/h4-9,14,20H,10-13,15H2,1-3H3,(H,24,27)(H,25,28)/t20-/m0/s1. The van der Waals surface area contributed by atoms with Crippen molar-refractivity contribution in [1.82, 2.24) is 10.2 Å². The molecule has 172 valence electrons. The summed E-state index contributed by atoms with van der Waals surface area (Å²) in [6.45, 7) is 3.00. The minimum absolute atomic E-state index is 0.0999. The quantitative estimate of drug-likeness (QED) is 0.601. The molecule has 0 bridgehead atoms.